The van der Waals surface area contributed by atoms with E-state index >= 15 is 0 Å². The van der Waals surface area contributed by atoms with Crippen LogP contribution in [0.1, 0.15) is 42.5 Å². The average molecular weight is 507 g/mol. The topological polar surface area (TPSA) is 135 Å². The van der Waals surface area contributed by atoms with Crippen molar-refractivity contribution in [2.45, 2.75) is 53.1 Å². The van der Waals surface area contributed by atoms with Crippen LogP contribution in [0.4, 0.5) is 11.5 Å². The van der Waals surface area contributed by atoms with E-state index in [0.717, 1.165) is 26.8 Å². The SMILES string of the molecule is CC(=O)Oc1c(C)c(C)c2c(c1C)CCC(C)(C(=O)Nc1c(N)n(-c3ccccc3)c(=O)n(C)c1=O)O2. The lowest BCUT2D eigenvalue weighted by atomic mass is 9.86. The molecule has 4 rings (SSSR count). The molecule has 1 unspecified atom stereocenters. The van der Waals surface area contributed by atoms with E-state index in [1.54, 1.807) is 37.3 Å². The lowest BCUT2D eigenvalue weighted by Crippen LogP contribution is -2.50. The Kier molecular flexibility index (Phi) is 6.45. The summed E-state index contributed by atoms with van der Waals surface area (Å²) in [5.74, 6) is -0.118. The van der Waals surface area contributed by atoms with Crippen LogP contribution in [0.15, 0.2) is 39.9 Å². The number of anilines is 2. The fraction of sp³-hybridized carbons (Fsp3) is 0.333. The minimum absolute atomic E-state index is 0.179. The number of benzene rings is 2. The summed E-state index contributed by atoms with van der Waals surface area (Å²) in [5.41, 5.74) is 6.95. The number of aromatic nitrogens is 2. The second-order valence-electron chi connectivity index (χ2n) is 9.47. The van der Waals surface area contributed by atoms with Crippen molar-refractivity contribution in [3.63, 3.8) is 0 Å². The molecule has 0 fully saturated rings. The summed E-state index contributed by atoms with van der Waals surface area (Å²) in [6.45, 7) is 8.51. The molecule has 1 aliphatic heterocycles. The first-order valence-corrected chi connectivity index (χ1v) is 11.9. The maximum Gasteiger partial charge on any atom is 0.337 e. The number of amides is 1. The van der Waals surface area contributed by atoms with Gasteiger partial charge < -0.3 is 20.5 Å². The highest BCUT2D eigenvalue weighted by Crippen LogP contribution is 2.44. The van der Waals surface area contributed by atoms with Crippen LogP contribution in [-0.4, -0.2) is 26.6 Å². The van der Waals surface area contributed by atoms with E-state index in [1.807, 2.05) is 20.8 Å². The second-order valence-corrected chi connectivity index (χ2v) is 9.47. The Hall–Kier alpha value is -4.34. The highest BCUT2D eigenvalue weighted by Gasteiger charge is 2.41. The summed E-state index contributed by atoms with van der Waals surface area (Å²) < 4.78 is 13.8. The number of fused-ring (bicyclic) bond motifs is 1. The van der Waals surface area contributed by atoms with E-state index in [9.17, 15) is 19.2 Å². The molecule has 1 aliphatic rings. The first-order valence-electron chi connectivity index (χ1n) is 11.9. The number of rotatable bonds is 4. The number of para-hydroxylation sites is 1. The van der Waals surface area contributed by atoms with Crippen molar-refractivity contribution in [1.82, 2.24) is 9.13 Å². The molecule has 0 bridgehead atoms. The standard InChI is InChI=1S/C27H30N4O6/c1-14-15(2)22-19(16(3)21(14)36-17(4)32)12-13-27(5,37-22)25(34)29-20-23(28)31(18-10-8-7-9-11-18)26(35)30(6)24(20)33/h7-11H,12-13,28H2,1-6H3,(H,29,34). The number of carbonyl (C=O) groups excluding carboxylic acids is 2. The van der Waals surface area contributed by atoms with Gasteiger partial charge in [0.15, 0.2) is 5.60 Å². The molecule has 2 heterocycles. The molecule has 194 valence electrons. The van der Waals surface area contributed by atoms with Gasteiger partial charge in [-0.3, -0.25) is 19.0 Å². The highest BCUT2D eigenvalue weighted by atomic mass is 16.5. The van der Waals surface area contributed by atoms with Crippen LogP contribution in [0.2, 0.25) is 0 Å². The van der Waals surface area contributed by atoms with Gasteiger partial charge >= 0.3 is 11.7 Å². The van der Waals surface area contributed by atoms with Gasteiger partial charge in [-0.2, -0.15) is 0 Å². The Morgan fingerprint density at radius 3 is 2.35 bits per heavy atom. The van der Waals surface area contributed by atoms with Gasteiger partial charge in [-0.15, -0.1) is 0 Å². The van der Waals surface area contributed by atoms with Crippen molar-refractivity contribution >= 4 is 23.4 Å². The molecule has 0 saturated carbocycles. The third-order valence-corrected chi connectivity index (χ3v) is 6.96. The highest BCUT2D eigenvalue weighted by molar-refractivity contribution is 5.99. The van der Waals surface area contributed by atoms with Crippen LogP contribution in [0.5, 0.6) is 11.5 Å². The van der Waals surface area contributed by atoms with Crippen molar-refractivity contribution in [3.8, 4) is 17.2 Å². The number of hydrogen-bond acceptors (Lipinski definition) is 7. The van der Waals surface area contributed by atoms with E-state index in [0.29, 0.717) is 30.0 Å². The largest absolute Gasteiger partial charge is 0.477 e. The molecule has 10 heteroatoms. The summed E-state index contributed by atoms with van der Waals surface area (Å²) in [6, 6.07) is 8.60. The van der Waals surface area contributed by atoms with Crippen molar-refractivity contribution in [2.24, 2.45) is 7.05 Å². The number of nitrogens with one attached hydrogen (secondary N) is 1. The van der Waals surface area contributed by atoms with Gasteiger partial charge in [0, 0.05) is 26.0 Å². The van der Waals surface area contributed by atoms with E-state index in [1.165, 1.54) is 18.5 Å². The normalized spacial score (nSPS) is 16.5. The smallest absolute Gasteiger partial charge is 0.337 e. The number of hydrogen-bond donors (Lipinski definition) is 2. The zero-order valence-corrected chi connectivity index (χ0v) is 21.7. The second kappa shape index (κ2) is 9.27. The molecule has 1 atom stereocenters. The summed E-state index contributed by atoms with van der Waals surface area (Å²) in [6.07, 6.45) is 0.782. The number of nitrogens with zero attached hydrogens (tertiary/aromatic N) is 2. The quantitative estimate of drug-likeness (QED) is 0.410. The molecular weight excluding hydrogens is 476 g/mol. The van der Waals surface area contributed by atoms with E-state index in [2.05, 4.69) is 5.32 Å². The van der Waals surface area contributed by atoms with Crippen molar-refractivity contribution < 1.29 is 19.1 Å². The molecule has 10 nitrogen and oxygen atoms in total. The fourth-order valence-electron chi connectivity index (χ4n) is 4.61. The van der Waals surface area contributed by atoms with E-state index in [-0.39, 0.29) is 11.5 Å². The lowest BCUT2D eigenvalue weighted by molar-refractivity contribution is -0.132. The number of nitrogen functional groups attached to an aromatic ring is 1. The van der Waals surface area contributed by atoms with Crippen LogP contribution in [0.3, 0.4) is 0 Å². The van der Waals surface area contributed by atoms with Gasteiger partial charge in [-0.1, -0.05) is 18.2 Å². The zero-order valence-electron chi connectivity index (χ0n) is 21.7. The van der Waals surface area contributed by atoms with Gasteiger partial charge in [0.2, 0.25) is 0 Å². The van der Waals surface area contributed by atoms with Gasteiger partial charge in [-0.25, -0.2) is 9.36 Å². The minimum atomic E-state index is -1.33. The monoisotopic (exact) mass is 506 g/mol. The van der Waals surface area contributed by atoms with Crippen LogP contribution >= 0.6 is 0 Å². The van der Waals surface area contributed by atoms with Gasteiger partial charge in [0.25, 0.3) is 11.5 Å². The average Bonchev–Trinajstić information content (AvgIpc) is 2.87. The molecule has 0 radical (unpaired) electrons. The third kappa shape index (κ3) is 4.28. The molecule has 0 spiro atoms. The Balaban J connectivity index is 1.73. The molecular formula is C27H30N4O6. The lowest BCUT2D eigenvalue weighted by Gasteiger charge is -2.37. The molecule has 3 aromatic rings. The Morgan fingerprint density at radius 2 is 1.73 bits per heavy atom. The van der Waals surface area contributed by atoms with Gasteiger partial charge in [0.05, 0.1) is 5.69 Å². The van der Waals surface area contributed by atoms with Crippen LogP contribution in [0.25, 0.3) is 5.69 Å². The first kappa shape index (κ1) is 25.7. The molecule has 1 aromatic heterocycles. The van der Waals surface area contributed by atoms with Gasteiger partial charge in [-0.05, 0) is 62.9 Å². The molecule has 1 amide bonds. The summed E-state index contributed by atoms with van der Waals surface area (Å²) in [5, 5.41) is 2.63. The predicted molar refractivity (Wildman–Crippen MR) is 140 cm³/mol. The van der Waals surface area contributed by atoms with Crippen molar-refractivity contribution in [2.75, 3.05) is 11.1 Å². The van der Waals surface area contributed by atoms with E-state index in [4.69, 9.17) is 15.2 Å². The molecule has 3 N–H and O–H groups in total. The Bertz CT molecular complexity index is 1550. The van der Waals surface area contributed by atoms with Crippen LogP contribution < -0.4 is 31.8 Å². The molecule has 0 aliphatic carbocycles. The van der Waals surface area contributed by atoms with E-state index < -0.39 is 28.7 Å². The molecule has 0 saturated heterocycles. The number of esters is 1. The number of nitrogens with two attached hydrogens (primary N) is 1. The summed E-state index contributed by atoms with van der Waals surface area (Å²) >= 11 is 0. The van der Waals surface area contributed by atoms with Crippen molar-refractivity contribution in [3.05, 3.63) is 73.4 Å². The predicted octanol–water partition coefficient (Wildman–Crippen LogP) is 2.69. The molecule has 2 aromatic carbocycles. The Morgan fingerprint density at radius 1 is 1.08 bits per heavy atom. The summed E-state index contributed by atoms with van der Waals surface area (Å²) in [4.78, 5) is 50.9. The maximum absolute atomic E-state index is 13.5. The van der Waals surface area contributed by atoms with Crippen LogP contribution in [0, 0.1) is 20.8 Å². The van der Waals surface area contributed by atoms with Crippen molar-refractivity contribution in [1.29, 1.82) is 0 Å². The first-order chi connectivity index (χ1) is 17.4. The van der Waals surface area contributed by atoms with Gasteiger partial charge in [0.1, 0.15) is 23.0 Å². The maximum atomic E-state index is 13.5. The summed E-state index contributed by atoms with van der Waals surface area (Å²) in [7, 11) is 1.32. The Labute approximate surface area is 213 Å². The molecule has 37 heavy (non-hydrogen) atoms. The number of ether oxygens (including phenoxy) is 2. The third-order valence-electron chi connectivity index (χ3n) is 6.96. The van der Waals surface area contributed by atoms with Crippen LogP contribution in [-0.2, 0) is 23.1 Å². The number of carbonyl (C=O) groups is 2. The fourth-order valence-corrected chi connectivity index (χ4v) is 4.61. The zero-order chi connectivity index (χ0) is 27.2. The minimum Gasteiger partial charge on any atom is -0.477 e.